The molecular weight excluding hydrogens is 314 g/mol. The van der Waals surface area contributed by atoms with E-state index in [9.17, 15) is 9.59 Å². The minimum Gasteiger partial charge on any atom is -0.355 e. The van der Waals surface area contributed by atoms with E-state index in [1.165, 1.54) is 0 Å². The fraction of sp³-hybridized carbons (Fsp3) is 0.300. The van der Waals surface area contributed by atoms with Crippen LogP contribution in [0.3, 0.4) is 0 Å². The number of likely N-dealkylation sites (N-methyl/N-ethyl adjacent to an activating group) is 1. The molecule has 0 aromatic heterocycles. The number of amides is 2. The molecule has 5 nitrogen and oxygen atoms in total. The second-order valence-corrected chi connectivity index (χ2v) is 5.93. The van der Waals surface area contributed by atoms with Crippen molar-refractivity contribution in [2.24, 2.45) is 0 Å². The molecular formula is C20H25N3O2. The van der Waals surface area contributed by atoms with Gasteiger partial charge in [-0.2, -0.15) is 0 Å². The maximum atomic E-state index is 13.0. The molecule has 0 heterocycles. The minimum absolute atomic E-state index is 0.118. The van der Waals surface area contributed by atoms with E-state index in [-0.39, 0.29) is 11.8 Å². The van der Waals surface area contributed by atoms with Crippen molar-refractivity contribution in [1.29, 1.82) is 0 Å². The molecule has 0 saturated carbocycles. The number of nitrogens with one attached hydrogen (secondary N) is 2. The van der Waals surface area contributed by atoms with Crippen LogP contribution in [-0.4, -0.2) is 37.4 Å². The van der Waals surface area contributed by atoms with Crippen LogP contribution < -0.4 is 10.6 Å². The van der Waals surface area contributed by atoms with Gasteiger partial charge in [-0.25, -0.2) is 0 Å². The number of anilines is 1. The van der Waals surface area contributed by atoms with Crippen LogP contribution in [0.4, 0.5) is 5.69 Å². The molecule has 0 aliphatic carbocycles. The third kappa shape index (κ3) is 4.25. The highest BCUT2D eigenvalue weighted by Gasteiger charge is 2.25. The summed E-state index contributed by atoms with van der Waals surface area (Å²) in [7, 11) is 3.51. The van der Waals surface area contributed by atoms with Crippen LogP contribution >= 0.6 is 0 Å². The summed E-state index contributed by atoms with van der Waals surface area (Å²) in [5.74, 6) is -0.286. The van der Waals surface area contributed by atoms with Crippen molar-refractivity contribution < 1.29 is 9.59 Å². The van der Waals surface area contributed by atoms with Crippen molar-refractivity contribution in [3.8, 4) is 0 Å². The Labute approximate surface area is 149 Å². The van der Waals surface area contributed by atoms with Gasteiger partial charge in [0.2, 0.25) is 5.91 Å². The second-order valence-electron chi connectivity index (χ2n) is 5.93. The zero-order valence-corrected chi connectivity index (χ0v) is 15.2. The molecule has 0 unspecified atom stereocenters. The highest BCUT2D eigenvalue weighted by atomic mass is 16.2. The summed E-state index contributed by atoms with van der Waals surface area (Å²) < 4.78 is 0. The lowest BCUT2D eigenvalue weighted by Crippen LogP contribution is -2.34. The lowest BCUT2D eigenvalue weighted by Gasteiger charge is -2.26. The summed E-state index contributed by atoms with van der Waals surface area (Å²) in [5.41, 5.74) is 2.89. The van der Waals surface area contributed by atoms with Gasteiger partial charge in [-0.05, 0) is 43.8 Å². The molecule has 1 atom stereocenters. The number of hydrogen-bond acceptors (Lipinski definition) is 3. The van der Waals surface area contributed by atoms with Gasteiger partial charge in [0.1, 0.15) is 6.04 Å². The van der Waals surface area contributed by atoms with E-state index in [2.05, 4.69) is 10.6 Å². The van der Waals surface area contributed by atoms with E-state index in [1.54, 1.807) is 19.2 Å². The van der Waals surface area contributed by atoms with Crippen LogP contribution in [-0.2, 0) is 4.79 Å². The minimum atomic E-state index is -0.394. The molecule has 0 saturated heterocycles. The Bertz CT molecular complexity index is 744. The quantitative estimate of drug-likeness (QED) is 0.850. The zero-order chi connectivity index (χ0) is 18.4. The Morgan fingerprint density at radius 2 is 1.76 bits per heavy atom. The van der Waals surface area contributed by atoms with Crippen molar-refractivity contribution in [2.45, 2.75) is 19.9 Å². The monoisotopic (exact) mass is 339 g/mol. The molecule has 132 valence electrons. The Kier molecular flexibility index (Phi) is 6.31. The SMILES string of the molecule is CCN(C)[C@@H](C(=O)Nc1cccc(C(=O)NC)c1C)c1ccccc1. The Balaban J connectivity index is 2.32. The number of rotatable bonds is 6. The molecule has 2 N–H and O–H groups in total. The fourth-order valence-electron chi connectivity index (χ4n) is 2.78. The van der Waals surface area contributed by atoms with E-state index in [1.807, 2.05) is 62.2 Å². The summed E-state index contributed by atoms with van der Waals surface area (Å²) >= 11 is 0. The summed E-state index contributed by atoms with van der Waals surface area (Å²) in [6.07, 6.45) is 0. The lowest BCUT2D eigenvalue weighted by atomic mass is 10.0. The number of carbonyl (C=O) groups excluding carboxylic acids is 2. The molecule has 0 spiro atoms. The number of nitrogens with zero attached hydrogens (tertiary/aromatic N) is 1. The van der Waals surface area contributed by atoms with Gasteiger partial charge in [0.15, 0.2) is 0 Å². The van der Waals surface area contributed by atoms with Gasteiger partial charge in [0.25, 0.3) is 5.91 Å². The topological polar surface area (TPSA) is 61.4 Å². The van der Waals surface area contributed by atoms with Gasteiger partial charge in [-0.3, -0.25) is 14.5 Å². The first kappa shape index (κ1) is 18.7. The normalized spacial score (nSPS) is 11.9. The first-order chi connectivity index (χ1) is 12.0. The molecule has 0 fully saturated rings. The van der Waals surface area contributed by atoms with E-state index >= 15 is 0 Å². The van der Waals surface area contributed by atoms with Gasteiger partial charge in [0.05, 0.1) is 0 Å². The Hall–Kier alpha value is -2.66. The lowest BCUT2D eigenvalue weighted by molar-refractivity contribution is -0.121. The third-order valence-corrected chi connectivity index (χ3v) is 4.37. The van der Waals surface area contributed by atoms with Crippen LogP contribution in [0.2, 0.25) is 0 Å². The highest BCUT2D eigenvalue weighted by molar-refractivity contribution is 6.00. The average molecular weight is 339 g/mol. The molecule has 0 bridgehead atoms. The van der Waals surface area contributed by atoms with E-state index < -0.39 is 6.04 Å². The molecule has 2 rings (SSSR count). The fourth-order valence-corrected chi connectivity index (χ4v) is 2.78. The maximum Gasteiger partial charge on any atom is 0.251 e. The maximum absolute atomic E-state index is 13.0. The van der Waals surface area contributed by atoms with Crippen LogP contribution in [0.1, 0.15) is 34.5 Å². The zero-order valence-electron chi connectivity index (χ0n) is 15.2. The molecule has 0 aliphatic heterocycles. The number of carbonyl (C=O) groups is 2. The van der Waals surface area contributed by atoms with Crippen LogP contribution in [0.15, 0.2) is 48.5 Å². The summed E-state index contributed by atoms with van der Waals surface area (Å²) in [5, 5.41) is 5.60. The second kappa shape index (κ2) is 8.44. The largest absolute Gasteiger partial charge is 0.355 e. The van der Waals surface area contributed by atoms with E-state index in [0.717, 1.165) is 17.7 Å². The molecule has 25 heavy (non-hydrogen) atoms. The predicted molar refractivity (Wildman–Crippen MR) is 101 cm³/mol. The standard InChI is InChI=1S/C20H25N3O2/c1-5-23(4)18(15-10-7-6-8-11-15)20(25)22-17-13-9-12-16(14(17)2)19(24)21-3/h6-13,18H,5H2,1-4H3,(H,21,24)(H,22,25)/t18-/m1/s1. The van der Waals surface area contributed by atoms with Crippen molar-refractivity contribution >= 4 is 17.5 Å². The molecule has 2 aromatic carbocycles. The molecule has 0 radical (unpaired) electrons. The van der Waals surface area contributed by atoms with Crippen LogP contribution in [0.25, 0.3) is 0 Å². The van der Waals surface area contributed by atoms with Crippen LogP contribution in [0.5, 0.6) is 0 Å². The van der Waals surface area contributed by atoms with E-state index in [0.29, 0.717) is 11.3 Å². The smallest absolute Gasteiger partial charge is 0.251 e. The van der Waals surface area contributed by atoms with Crippen molar-refractivity contribution in [3.63, 3.8) is 0 Å². The third-order valence-electron chi connectivity index (χ3n) is 4.37. The van der Waals surface area contributed by atoms with Crippen molar-refractivity contribution in [2.75, 3.05) is 26.0 Å². The summed E-state index contributed by atoms with van der Waals surface area (Å²) in [6.45, 7) is 4.59. The van der Waals surface area contributed by atoms with E-state index in [4.69, 9.17) is 0 Å². The molecule has 0 aliphatic rings. The predicted octanol–water partition coefficient (Wildman–Crippen LogP) is 2.99. The Morgan fingerprint density at radius 3 is 2.36 bits per heavy atom. The molecule has 5 heteroatoms. The molecule has 2 aromatic rings. The van der Waals surface area contributed by atoms with Gasteiger partial charge in [0, 0.05) is 18.3 Å². The van der Waals surface area contributed by atoms with Gasteiger partial charge in [-0.1, -0.05) is 43.3 Å². The van der Waals surface area contributed by atoms with Gasteiger partial charge in [-0.15, -0.1) is 0 Å². The summed E-state index contributed by atoms with van der Waals surface area (Å²) in [4.78, 5) is 26.9. The first-order valence-corrected chi connectivity index (χ1v) is 8.37. The van der Waals surface area contributed by atoms with Crippen molar-refractivity contribution in [3.05, 3.63) is 65.2 Å². The first-order valence-electron chi connectivity index (χ1n) is 8.37. The van der Waals surface area contributed by atoms with Crippen LogP contribution in [0, 0.1) is 6.92 Å². The van der Waals surface area contributed by atoms with Gasteiger partial charge >= 0.3 is 0 Å². The number of hydrogen-bond donors (Lipinski definition) is 2. The average Bonchev–Trinajstić information content (AvgIpc) is 2.63. The molecule has 2 amide bonds. The highest BCUT2D eigenvalue weighted by Crippen LogP contribution is 2.24. The summed E-state index contributed by atoms with van der Waals surface area (Å²) in [6, 6.07) is 14.6. The Morgan fingerprint density at radius 1 is 1.08 bits per heavy atom. The number of benzene rings is 2. The van der Waals surface area contributed by atoms with Gasteiger partial charge < -0.3 is 10.6 Å². The van der Waals surface area contributed by atoms with Crippen molar-refractivity contribution in [1.82, 2.24) is 10.2 Å².